The monoisotopic (exact) mass is 232 g/mol. The molecular weight excluding hydrogens is 224 g/mol. The summed E-state index contributed by atoms with van der Waals surface area (Å²) >= 11 is 1.51. The van der Waals surface area contributed by atoms with Crippen LogP contribution in [0.2, 0.25) is 0 Å². The van der Waals surface area contributed by atoms with Gasteiger partial charge in [0.25, 0.3) is 0 Å². The Kier molecular flexibility index (Phi) is 3.16. The molecule has 2 aromatic rings. The highest BCUT2D eigenvalue weighted by Crippen LogP contribution is 2.25. The molecule has 0 saturated carbocycles. The van der Waals surface area contributed by atoms with Gasteiger partial charge in [-0.05, 0) is 24.3 Å². The van der Waals surface area contributed by atoms with E-state index in [1.807, 2.05) is 12.1 Å². The second kappa shape index (κ2) is 4.76. The van der Waals surface area contributed by atoms with Crippen molar-refractivity contribution in [3.8, 4) is 0 Å². The van der Waals surface area contributed by atoms with Gasteiger partial charge in [-0.2, -0.15) is 0 Å². The van der Waals surface area contributed by atoms with Crippen molar-refractivity contribution in [2.45, 2.75) is 9.79 Å². The lowest BCUT2D eigenvalue weighted by atomic mass is 10.4. The van der Waals surface area contributed by atoms with Crippen LogP contribution in [-0.4, -0.2) is 21.0 Å². The molecule has 0 amide bonds. The van der Waals surface area contributed by atoms with E-state index in [-0.39, 0.29) is 5.69 Å². The number of nitrogens with zero attached hydrogens (tertiary/aromatic N) is 2. The summed E-state index contributed by atoms with van der Waals surface area (Å²) in [6.07, 6.45) is 4.97. The van der Waals surface area contributed by atoms with E-state index in [9.17, 15) is 4.79 Å². The Morgan fingerprint density at radius 1 is 1.12 bits per heavy atom. The van der Waals surface area contributed by atoms with Crippen molar-refractivity contribution in [1.29, 1.82) is 0 Å². The Bertz CT molecular complexity index is 485. The minimum absolute atomic E-state index is 0.0547. The normalized spacial score (nSPS) is 10.0. The molecule has 80 valence electrons. The number of hydrogen-bond donors (Lipinski definition) is 1. The summed E-state index contributed by atoms with van der Waals surface area (Å²) in [5.74, 6) is -1.01. The molecule has 0 spiro atoms. The molecule has 2 heterocycles. The summed E-state index contributed by atoms with van der Waals surface area (Å²) in [5.41, 5.74) is 0.0547. The van der Waals surface area contributed by atoms with Crippen LogP contribution < -0.4 is 0 Å². The molecule has 5 heteroatoms. The summed E-state index contributed by atoms with van der Waals surface area (Å²) in [6, 6.07) is 7.00. The SMILES string of the molecule is O=C(O)c1ccc(Sc2ccncc2)cn1. The predicted molar refractivity (Wildman–Crippen MR) is 59.6 cm³/mol. The average molecular weight is 232 g/mol. The minimum atomic E-state index is -1.01. The van der Waals surface area contributed by atoms with Crippen LogP contribution >= 0.6 is 11.8 Å². The molecule has 0 aromatic carbocycles. The molecule has 2 rings (SSSR count). The Morgan fingerprint density at radius 2 is 1.88 bits per heavy atom. The molecule has 0 saturated heterocycles. The second-order valence-electron chi connectivity index (χ2n) is 2.97. The van der Waals surface area contributed by atoms with E-state index in [2.05, 4.69) is 9.97 Å². The van der Waals surface area contributed by atoms with Crippen LogP contribution in [0.15, 0.2) is 52.6 Å². The summed E-state index contributed by atoms with van der Waals surface area (Å²) < 4.78 is 0. The van der Waals surface area contributed by atoms with Gasteiger partial charge in [-0.25, -0.2) is 9.78 Å². The zero-order valence-electron chi connectivity index (χ0n) is 8.20. The van der Waals surface area contributed by atoms with Gasteiger partial charge < -0.3 is 5.11 Å². The number of pyridine rings is 2. The maximum atomic E-state index is 10.6. The maximum Gasteiger partial charge on any atom is 0.354 e. The van der Waals surface area contributed by atoms with Gasteiger partial charge in [-0.15, -0.1) is 0 Å². The number of carboxylic acids is 1. The smallest absolute Gasteiger partial charge is 0.354 e. The van der Waals surface area contributed by atoms with Crippen LogP contribution in [0.3, 0.4) is 0 Å². The molecule has 0 atom stereocenters. The first-order valence-electron chi connectivity index (χ1n) is 4.53. The van der Waals surface area contributed by atoms with Crippen LogP contribution in [-0.2, 0) is 0 Å². The van der Waals surface area contributed by atoms with Crippen LogP contribution in [0.25, 0.3) is 0 Å². The fourth-order valence-electron chi connectivity index (χ4n) is 1.11. The van der Waals surface area contributed by atoms with Crippen LogP contribution in [0.4, 0.5) is 0 Å². The third kappa shape index (κ3) is 2.58. The lowest BCUT2D eigenvalue weighted by molar-refractivity contribution is 0.0690. The minimum Gasteiger partial charge on any atom is -0.477 e. The molecule has 0 aliphatic carbocycles. The van der Waals surface area contributed by atoms with Crippen molar-refractivity contribution in [2.75, 3.05) is 0 Å². The van der Waals surface area contributed by atoms with Crippen molar-refractivity contribution in [1.82, 2.24) is 9.97 Å². The van der Waals surface area contributed by atoms with Gasteiger partial charge in [0.1, 0.15) is 5.69 Å². The standard InChI is InChI=1S/C11H8N2O2S/c14-11(15)10-2-1-9(7-13-10)16-8-3-5-12-6-4-8/h1-7H,(H,14,15). The van der Waals surface area contributed by atoms with Gasteiger partial charge in [0.15, 0.2) is 0 Å². The molecule has 0 aliphatic heterocycles. The summed E-state index contributed by atoms with van der Waals surface area (Å²) in [7, 11) is 0. The van der Waals surface area contributed by atoms with E-state index in [1.54, 1.807) is 24.7 Å². The van der Waals surface area contributed by atoms with Crippen LogP contribution in [0.1, 0.15) is 10.5 Å². The molecule has 0 fully saturated rings. The number of aromatic nitrogens is 2. The average Bonchev–Trinajstić information content (AvgIpc) is 2.31. The van der Waals surface area contributed by atoms with Gasteiger partial charge >= 0.3 is 5.97 Å². The summed E-state index contributed by atoms with van der Waals surface area (Å²) in [6.45, 7) is 0. The lowest BCUT2D eigenvalue weighted by Gasteiger charge is -2.00. The largest absolute Gasteiger partial charge is 0.477 e. The Hall–Kier alpha value is -1.88. The van der Waals surface area contributed by atoms with Crippen molar-refractivity contribution in [2.24, 2.45) is 0 Å². The van der Waals surface area contributed by atoms with E-state index in [4.69, 9.17) is 5.11 Å². The highest BCUT2D eigenvalue weighted by Gasteiger charge is 2.04. The molecule has 2 aromatic heterocycles. The number of carboxylic acid groups (broad SMARTS) is 1. The second-order valence-corrected chi connectivity index (χ2v) is 4.12. The van der Waals surface area contributed by atoms with Gasteiger partial charge in [0.2, 0.25) is 0 Å². The van der Waals surface area contributed by atoms with E-state index >= 15 is 0 Å². The molecule has 0 unspecified atom stereocenters. The number of hydrogen-bond acceptors (Lipinski definition) is 4. The van der Waals surface area contributed by atoms with Crippen molar-refractivity contribution in [3.05, 3.63) is 48.5 Å². The predicted octanol–water partition coefficient (Wildman–Crippen LogP) is 2.33. The molecule has 4 nitrogen and oxygen atoms in total. The summed E-state index contributed by atoms with van der Waals surface area (Å²) in [5, 5.41) is 8.69. The number of aromatic carboxylic acids is 1. The third-order valence-electron chi connectivity index (χ3n) is 1.84. The number of rotatable bonds is 3. The fraction of sp³-hybridized carbons (Fsp3) is 0. The van der Waals surface area contributed by atoms with Crippen LogP contribution in [0.5, 0.6) is 0 Å². The molecule has 0 aliphatic rings. The zero-order chi connectivity index (χ0) is 11.4. The Labute approximate surface area is 96.4 Å². The highest BCUT2D eigenvalue weighted by atomic mass is 32.2. The first-order chi connectivity index (χ1) is 7.75. The Balaban J connectivity index is 2.14. The van der Waals surface area contributed by atoms with E-state index in [1.165, 1.54) is 17.8 Å². The van der Waals surface area contributed by atoms with E-state index in [0.717, 1.165) is 9.79 Å². The first-order valence-corrected chi connectivity index (χ1v) is 5.34. The number of carbonyl (C=O) groups is 1. The maximum absolute atomic E-state index is 10.6. The molecular formula is C11H8N2O2S. The van der Waals surface area contributed by atoms with Crippen molar-refractivity contribution in [3.63, 3.8) is 0 Å². The van der Waals surface area contributed by atoms with Gasteiger partial charge in [0.05, 0.1) is 0 Å². The summed E-state index contributed by atoms with van der Waals surface area (Å²) in [4.78, 5) is 20.3. The van der Waals surface area contributed by atoms with Crippen molar-refractivity contribution < 1.29 is 9.90 Å². The first kappa shape index (κ1) is 10.6. The third-order valence-corrected chi connectivity index (χ3v) is 2.83. The van der Waals surface area contributed by atoms with Crippen LogP contribution in [0, 0.1) is 0 Å². The van der Waals surface area contributed by atoms with Gasteiger partial charge in [-0.3, -0.25) is 4.98 Å². The van der Waals surface area contributed by atoms with E-state index in [0.29, 0.717) is 0 Å². The fourth-order valence-corrected chi connectivity index (χ4v) is 1.88. The van der Waals surface area contributed by atoms with Gasteiger partial charge in [0, 0.05) is 28.4 Å². The quantitative estimate of drug-likeness (QED) is 0.879. The molecule has 0 bridgehead atoms. The van der Waals surface area contributed by atoms with E-state index < -0.39 is 5.97 Å². The zero-order valence-corrected chi connectivity index (χ0v) is 9.02. The molecule has 1 N–H and O–H groups in total. The lowest BCUT2D eigenvalue weighted by Crippen LogP contribution is -1.98. The van der Waals surface area contributed by atoms with Gasteiger partial charge in [-0.1, -0.05) is 11.8 Å². The van der Waals surface area contributed by atoms with Crippen molar-refractivity contribution >= 4 is 17.7 Å². The molecule has 16 heavy (non-hydrogen) atoms. The Morgan fingerprint density at radius 3 is 2.44 bits per heavy atom. The highest BCUT2D eigenvalue weighted by molar-refractivity contribution is 7.99. The molecule has 0 radical (unpaired) electrons. The topological polar surface area (TPSA) is 63.1 Å².